The predicted molar refractivity (Wildman–Crippen MR) is 108 cm³/mol. The van der Waals surface area contributed by atoms with Gasteiger partial charge in [-0.1, -0.05) is 58.0 Å². The number of ether oxygens (including phenoxy) is 1. The van der Waals surface area contributed by atoms with Crippen LogP contribution in [0.5, 0.6) is 5.75 Å². The number of imidazole rings is 1. The van der Waals surface area contributed by atoms with Gasteiger partial charge in [-0.15, -0.1) is 0 Å². The first kappa shape index (κ1) is 18.2. The maximum atomic E-state index is 5.63. The first-order chi connectivity index (χ1) is 12.5. The smallest absolute Gasteiger partial charge is 0.144 e. The Hall–Kier alpha value is -2.55. The lowest BCUT2D eigenvalue weighted by molar-refractivity contribution is 0.407. The Morgan fingerprint density at radius 2 is 1.81 bits per heavy atom. The number of hydrogen-bond acceptors (Lipinski definition) is 2. The van der Waals surface area contributed by atoms with Gasteiger partial charge in [-0.25, -0.2) is 4.98 Å². The predicted octanol–water partition coefficient (Wildman–Crippen LogP) is 5.87. The number of rotatable bonds is 6. The van der Waals surface area contributed by atoms with E-state index in [1.807, 2.05) is 12.4 Å². The fourth-order valence-corrected chi connectivity index (χ4v) is 3.39. The van der Waals surface area contributed by atoms with Gasteiger partial charge in [-0.3, -0.25) is 4.57 Å². The van der Waals surface area contributed by atoms with E-state index < -0.39 is 0 Å². The van der Waals surface area contributed by atoms with Crippen LogP contribution >= 0.6 is 0 Å². The average Bonchev–Trinajstić information content (AvgIpc) is 3.10. The van der Waals surface area contributed by atoms with Crippen LogP contribution in [0.25, 0.3) is 17.1 Å². The van der Waals surface area contributed by atoms with E-state index in [4.69, 9.17) is 4.74 Å². The molecule has 0 aliphatic rings. The molecule has 0 unspecified atom stereocenters. The van der Waals surface area contributed by atoms with Crippen molar-refractivity contribution in [3.63, 3.8) is 0 Å². The van der Waals surface area contributed by atoms with Crippen LogP contribution in [0.3, 0.4) is 0 Å². The molecule has 1 heterocycles. The molecule has 0 atom stereocenters. The summed E-state index contributed by atoms with van der Waals surface area (Å²) in [6.07, 6.45) is 4.92. The minimum Gasteiger partial charge on any atom is -0.496 e. The van der Waals surface area contributed by atoms with Crippen molar-refractivity contribution in [3.05, 3.63) is 66.0 Å². The number of methoxy groups -OCH3 is 1. The highest BCUT2D eigenvalue weighted by molar-refractivity contribution is 5.64. The summed E-state index contributed by atoms with van der Waals surface area (Å²) in [6, 6.07) is 15.0. The van der Waals surface area contributed by atoms with Gasteiger partial charge in [0.05, 0.1) is 12.8 Å². The monoisotopic (exact) mass is 348 g/mol. The van der Waals surface area contributed by atoms with Crippen molar-refractivity contribution in [3.8, 4) is 22.8 Å². The second-order valence-electron chi connectivity index (χ2n) is 7.46. The highest BCUT2D eigenvalue weighted by atomic mass is 16.5. The molecule has 3 heteroatoms. The summed E-state index contributed by atoms with van der Waals surface area (Å²) in [5.74, 6) is 2.92. The van der Waals surface area contributed by atoms with Crippen LogP contribution in [0.15, 0.2) is 54.9 Å². The minimum absolute atomic E-state index is 0.424. The molecule has 0 bridgehead atoms. The highest BCUT2D eigenvalue weighted by Crippen LogP contribution is 2.31. The van der Waals surface area contributed by atoms with E-state index in [1.54, 1.807) is 7.11 Å². The Balaban J connectivity index is 2.08. The van der Waals surface area contributed by atoms with Crippen LogP contribution in [-0.4, -0.2) is 16.7 Å². The molecule has 1 aromatic heterocycles. The molecule has 136 valence electrons. The molecule has 3 aromatic rings. The first-order valence-corrected chi connectivity index (χ1v) is 9.31. The highest BCUT2D eigenvalue weighted by Gasteiger charge is 2.15. The van der Waals surface area contributed by atoms with Crippen LogP contribution in [0.4, 0.5) is 0 Å². The van der Waals surface area contributed by atoms with Gasteiger partial charge in [-0.05, 0) is 35.4 Å². The van der Waals surface area contributed by atoms with Crippen molar-refractivity contribution in [2.45, 2.75) is 40.0 Å². The molecule has 0 saturated heterocycles. The second kappa shape index (κ2) is 7.77. The minimum atomic E-state index is 0.424. The van der Waals surface area contributed by atoms with Crippen LogP contribution < -0.4 is 4.74 Å². The summed E-state index contributed by atoms with van der Waals surface area (Å²) >= 11 is 0. The third-order valence-corrected chi connectivity index (χ3v) is 4.64. The molecular formula is C23H28N2O. The van der Waals surface area contributed by atoms with Crippen molar-refractivity contribution >= 4 is 0 Å². The quantitative estimate of drug-likeness (QED) is 0.557. The molecule has 0 N–H and O–H groups in total. The molecule has 0 aliphatic heterocycles. The summed E-state index contributed by atoms with van der Waals surface area (Å²) in [5.41, 5.74) is 4.81. The van der Waals surface area contributed by atoms with E-state index in [2.05, 4.69) is 79.7 Å². The number of benzene rings is 2. The Kier molecular flexibility index (Phi) is 5.46. The van der Waals surface area contributed by atoms with Gasteiger partial charge in [0.25, 0.3) is 0 Å². The van der Waals surface area contributed by atoms with Crippen LogP contribution in [-0.2, 0) is 6.42 Å². The largest absolute Gasteiger partial charge is 0.496 e. The van der Waals surface area contributed by atoms with Crippen LogP contribution in [0.1, 0.15) is 44.7 Å². The Morgan fingerprint density at radius 1 is 1.04 bits per heavy atom. The SMILES string of the molecule is COc1cc(-n2ccnc2-c2ccccc2CC(C)C)ccc1C(C)C. The summed E-state index contributed by atoms with van der Waals surface area (Å²) in [6.45, 7) is 8.86. The van der Waals surface area contributed by atoms with Crippen molar-refractivity contribution in [2.75, 3.05) is 7.11 Å². The van der Waals surface area contributed by atoms with Crippen molar-refractivity contribution in [1.29, 1.82) is 0 Å². The van der Waals surface area contributed by atoms with E-state index >= 15 is 0 Å². The number of aromatic nitrogens is 2. The fraction of sp³-hybridized carbons (Fsp3) is 0.348. The van der Waals surface area contributed by atoms with Crippen LogP contribution in [0.2, 0.25) is 0 Å². The number of nitrogens with zero attached hydrogens (tertiary/aromatic N) is 2. The zero-order chi connectivity index (χ0) is 18.7. The Morgan fingerprint density at radius 3 is 2.50 bits per heavy atom. The standard InChI is InChI=1S/C23H28N2O/c1-16(2)14-18-8-6-7-9-21(18)23-24-12-13-25(23)19-10-11-20(17(3)4)22(15-19)26-5/h6-13,15-17H,14H2,1-5H3. The Bertz CT molecular complexity index is 877. The molecule has 0 amide bonds. The van der Waals surface area contributed by atoms with Gasteiger partial charge >= 0.3 is 0 Å². The Labute approximate surface area is 156 Å². The van der Waals surface area contributed by atoms with Gasteiger partial charge in [-0.2, -0.15) is 0 Å². The molecule has 3 rings (SSSR count). The number of hydrogen-bond donors (Lipinski definition) is 0. The van der Waals surface area contributed by atoms with E-state index in [1.165, 1.54) is 16.7 Å². The average molecular weight is 348 g/mol. The summed E-state index contributed by atoms with van der Waals surface area (Å²) < 4.78 is 7.78. The maximum absolute atomic E-state index is 5.63. The molecule has 0 fully saturated rings. The summed E-state index contributed by atoms with van der Waals surface area (Å²) in [7, 11) is 1.73. The van der Waals surface area contributed by atoms with Crippen molar-refractivity contribution < 1.29 is 4.74 Å². The summed E-state index contributed by atoms with van der Waals surface area (Å²) in [4.78, 5) is 4.67. The molecule has 0 spiro atoms. The molecule has 2 aromatic carbocycles. The van der Waals surface area contributed by atoms with Crippen molar-refractivity contribution in [1.82, 2.24) is 9.55 Å². The van der Waals surface area contributed by atoms with Gasteiger partial charge in [0.15, 0.2) is 0 Å². The first-order valence-electron chi connectivity index (χ1n) is 9.31. The van der Waals surface area contributed by atoms with Gasteiger partial charge in [0.1, 0.15) is 11.6 Å². The third kappa shape index (κ3) is 3.67. The van der Waals surface area contributed by atoms with Crippen LogP contribution in [0, 0.1) is 5.92 Å². The molecule has 3 nitrogen and oxygen atoms in total. The zero-order valence-electron chi connectivity index (χ0n) is 16.4. The van der Waals surface area contributed by atoms with Gasteiger partial charge in [0, 0.05) is 24.0 Å². The lowest BCUT2D eigenvalue weighted by atomic mass is 9.97. The lowest BCUT2D eigenvalue weighted by Gasteiger charge is -2.16. The van der Waals surface area contributed by atoms with E-state index in [0.717, 1.165) is 23.7 Å². The molecule has 0 saturated carbocycles. The molecule has 0 radical (unpaired) electrons. The lowest BCUT2D eigenvalue weighted by Crippen LogP contribution is -2.03. The topological polar surface area (TPSA) is 27.1 Å². The van der Waals surface area contributed by atoms with E-state index in [0.29, 0.717) is 11.8 Å². The maximum Gasteiger partial charge on any atom is 0.144 e. The van der Waals surface area contributed by atoms with Gasteiger partial charge < -0.3 is 4.74 Å². The van der Waals surface area contributed by atoms with E-state index in [-0.39, 0.29) is 0 Å². The van der Waals surface area contributed by atoms with E-state index in [9.17, 15) is 0 Å². The van der Waals surface area contributed by atoms with Crippen molar-refractivity contribution in [2.24, 2.45) is 5.92 Å². The second-order valence-corrected chi connectivity index (χ2v) is 7.46. The molecular weight excluding hydrogens is 320 g/mol. The third-order valence-electron chi connectivity index (χ3n) is 4.64. The van der Waals surface area contributed by atoms with Gasteiger partial charge in [0.2, 0.25) is 0 Å². The zero-order valence-corrected chi connectivity index (χ0v) is 16.4. The summed E-state index contributed by atoms with van der Waals surface area (Å²) in [5, 5.41) is 0. The fourth-order valence-electron chi connectivity index (χ4n) is 3.39. The normalized spacial score (nSPS) is 11.3. The molecule has 26 heavy (non-hydrogen) atoms. The molecule has 0 aliphatic carbocycles.